The third kappa shape index (κ3) is 8.21. The molecule has 2 atom stereocenters. The van der Waals surface area contributed by atoms with E-state index in [9.17, 15) is 14.4 Å². The first kappa shape index (κ1) is 29.4. The zero-order valence-corrected chi connectivity index (χ0v) is 23.8. The van der Waals surface area contributed by atoms with E-state index in [-0.39, 0.29) is 24.3 Å². The quantitative estimate of drug-likeness (QED) is 0.341. The van der Waals surface area contributed by atoms with Gasteiger partial charge in [0, 0.05) is 24.6 Å². The fourth-order valence-corrected chi connectivity index (χ4v) is 4.72. The van der Waals surface area contributed by atoms with E-state index in [4.69, 9.17) is 11.2 Å². The minimum atomic E-state index is -0.982. The average molecular weight is 552 g/mol. The molecule has 2 N–H and O–H groups in total. The van der Waals surface area contributed by atoms with Crippen LogP contribution in [0, 0.1) is 12.3 Å². The highest BCUT2D eigenvalue weighted by atomic mass is 16.6. The van der Waals surface area contributed by atoms with Crippen LogP contribution in [0.15, 0.2) is 84.9 Å². The van der Waals surface area contributed by atoms with Gasteiger partial charge in [-0.05, 0) is 56.4 Å². The first-order valence-electron chi connectivity index (χ1n) is 13.9. The highest BCUT2D eigenvalue weighted by molar-refractivity contribution is 5.93. The Morgan fingerprint density at radius 2 is 1.51 bits per heavy atom. The van der Waals surface area contributed by atoms with Crippen molar-refractivity contribution >= 4 is 17.9 Å². The molecule has 3 amide bonds. The summed E-state index contributed by atoms with van der Waals surface area (Å²) in [6, 6.07) is 24.1. The fourth-order valence-electron chi connectivity index (χ4n) is 4.72. The van der Waals surface area contributed by atoms with Crippen molar-refractivity contribution < 1.29 is 19.1 Å². The van der Waals surface area contributed by atoms with Crippen LogP contribution in [0.4, 0.5) is 4.79 Å². The van der Waals surface area contributed by atoms with Crippen molar-refractivity contribution in [1.82, 2.24) is 15.5 Å². The maximum Gasteiger partial charge on any atom is 0.408 e. The maximum atomic E-state index is 14.4. The average Bonchev–Trinajstić information content (AvgIpc) is 3.79. The Labute approximate surface area is 242 Å². The fraction of sp³-hybridized carbons (Fsp3) is 0.324. The predicted molar refractivity (Wildman–Crippen MR) is 159 cm³/mol. The Hall–Kier alpha value is -4.57. The van der Waals surface area contributed by atoms with Crippen molar-refractivity contribution in [3.8, 4) is 12.3 Å². The van der Waals surface area contributed by atoms with Gasteiger partial charge in [0.1, 0.15) is 17.7 Å². The number of alkyl carbamates (subject to hydrolysis) is 1. The molecule has 7 nitrogen and oxygen atoms in total. The number of hydrogen-bond acceptors (Lipinski definition) is 4. The van der Waals surface area contributed by atoms with Crippen molar-refractivity contribution in [2.75, 3.05) is 0 Å². The van der Waals surface area contributed by atoms with Gasteiger partial charge in [-0.1, -0.05) is 84.8 Å². The van der Waals surface area contributed by atoms with E-state index in [1.165, 1.54) is 0 Å². The third-order valence-electron chi connectivity index (χ3n) is 6.71. The Morgan fingerprint density at radius 3 is 2.10 bits per heavy atom. The molecule has 4 rings (SSSR count). The van der Waals surface area contributed by atoms with Crippen molar-refractivity contribution in [3.05, 3.63) is 107 Å². The predicted octanol–water partition coefficient (Wildman–Crippen LogP) is 5.15. The number of carbonyl (C=O) groups is 3. The summed E-state index contributed by atoms with van der Waals surface area (Å²) >= 11 is 0. The summed E-state index contributed by atoms with van der Waals surface area (Å²) in [5.41, 5.74) is 2.16. The number of ether oxygens (including phenoxy) is 1. The summed E-state index contributed by atoms with van der Waals surface area (Å²) < 4.78 is 5.50. The second-order valence-electron chi connectivity index (χ2n) is 11.2. The standard InChI is InChI=1S/C34H37N3O4/c1-5-26-18-12-13-19-28(26)30(31(38)35-23-25-16-10-7-11-17-25)37(27-20-21-27)32(39)29(22-24-14-8-6-9-15-24)36-33(40)41-34(2,3)4/h1,6-19,27,29-30H,20-23H2,2-4H3,(H,35,38)(H,36,40). The highest BCUT2D eigenvalue weighted by Crippen LogP contribution is 2.37. The van der Waals surface area contributed by atoms with Gasteiger partial charge in [0.25, 0.3) is 0 Å². The molecular weight excluding hydrogens is 514 g/mol. The second kappa shape index (κ2) is 13.2. The van der Waals surface area contributed by atoms with Crippen LogP contribution in [0.1, 0.15) is 61.9 Å². The van der Waals surface area contributed by atoms with E-state index in [0.29, 0.717) is 17.7 Å². The zero-order chi connectivity index (χ0) is 29.4. The minimum absolute atomic E-state index is 0.167. The number of nitrogens with one attached hydrogen (secondary N) is 2. The monoisotopic (exact) mass is 551 g/mol. The molecule has 0 spiro atoms. The largest absolute Gasteiger partial charge is 0.444 e. The molecule has 3 aromatic rings. The summed E-state index contributed by atoms with van der Waals surface area (Å²) in [6.07, 6.45) is 6.88. The topological polar surface area (TPSA) is 87.7 Å². The maximum absolute atomic E-state index is 14.4. The summed E-state index contributed by atoms with van der Waals surface area (Å²) in [7, 11) is 0. The van der Waals surface area contributed by atoms with Crippen LogP contribution in [0.3, 0.4) is 0 Å². The molecule has 0 heterocycles. The number of hydrogen-bond donors (Lipinski definition) is 2. The number of benzene rings is 3. The zero-order valence-electron chi connectivity index (χ0n) is 23.8. The van der Waals surface area contributed by atoms with E-state index < -0.39 is 23.8 Å². The normalized spacial score (nSPS) is 14.2. The molecule has 1 aliphatic rings. The van der Waals surface area contributed by atoms with Gasteiger partial charge in [0.2, 0.25) is 11.8 Å². The molecule has 7 heteroatoms. The number of carbonyl (C=O) groups excluding carboxylic acids is 3. The number of terminal acetylenes is 1. The molecule has 2 unspecified atom stereocenters. The van der Waals surface area contributed by atoms with Crippen LogP contribution < -0.4 is 10.6 Å². The Morgan fingerprint density at radius 1 is 0.927 bits per heavy atom. The van der Waals surface area contributed by atoms with Gasteiger partial charge in [0.15, 0.2) is 0 Å². The molecule has 212 valence electrons. The summed E-state index contributed by atoms with van der Waals surface area (Å²) in [6.45, 7) is 5.59. The van der Waals surface area contributed by atoms with Gasteiger partial charge in [-0.15, -0.1) is 6.42 Å². The highest BCUT2D eigenvalue weighted by Gasteiger charge is 2.44. The van der Waals surface area contributed by atoms with Crippen LogP contribution >= 0.6 is 0 Å². The van der Waals surface area contributed by atoms with Gasteiger partial charge in [-0.25, -0.2) is 4.79 Å². The Bertz CT molecular complexity index is 1390. The smallest absolute Gasteiger partial charge is 0.408 e. The van der Waals surface area contributed by atoms with Crippen LogP contribution in [0.5, 0.6) is 0 Å². The summed E-state index contributed by atoms with van der Waals surface area (Å²) in [4.78, 5) is 42.9. The van der Waals surface area contributed by atoms with Crippen LogP contribution in [0.25, 0.3) is 0 Å². The lowest BCUT2D eigenvalue weighted by molar-refractivity contribution is -0.143. The third-order valence-corrected chi connectivity index (χ3v) is 6.71. The van der Waals surface area contributed by atoms with Gasteiger partial charge >= 0.3 is 6.09 Å². The van der Waals surface area contributed by atoms with Crippen LogP contribution in [-0.4, -0.2) is 40.5 Å². The van der Waals surface area contributed by atoms with E-state index in [1.807, 2.05) is 72.8 Å². The van der Waals surface area contributed by atoms with Crippen LogP contribution in [0.2, 0.25) is 0 Å². The second-order valence-corrected chi connectivity index (χ2v) is 11.2. The number of nitrogens with zero attached hydrogens (tertiary/aromatic N) is 1. The number of amides is 3. The van der Waals surface area contributed by atoms with Gasteiger partial charge < -0.3 is 20.3 Å². The van der Waals surface area contributed by atoms with E-state index in [1.54, 1.807) is 37.8 Å². The first-order chi connectivity index (χ1) is 19.7. The summed E-state index contributed by atoms with van der Waals surface area (Å²) in [5, 5.41) is 5.81. The molecule has 0 aromatic heterocycles. The molecule has 0 radical (unpaired) electrons. The minimum Gasteiger partial charge on any atom is -0.444 e. The molecular formula is C34H37N3O4. The molecule has 0 bridgehead atoms. The summed E-state index contributed by atoms with van der Waals surface area (Å²) in [5.74, 6) is 1.97. The molecule has 1 saturated carbocycles. The molecule has 41 heavy (non-hydrogen) atoms. The van der Waals surface area contributed by atoms with Crippen LogP contribution in [-0.2, 0) is 27.3 Å². The van der Waals surface area contributed by atoms with Crippen molar-refractivity contribution in [1.29, 1.82) is 0 Å². The Kier molecular flexibility index (Phi) is 9.46. The van der Waals surface area contributed by atoms with E-state index in [0.717, 1.165) is 24.0 Å². The van der Waals surface area contributed by atoms with E-state index in [2.05, 4.69) is 16.6 Å². The molecule has 0 saturated heterocycles. The molecule has 1 aliphatic carbocycles. The lowest BCUT2D eigenvalue weighted by Crippen LogP contribution is -2.54. The van der Waals surface area contributed by atoms with Crippen molar-refractivity contribution in [2.45, 2.75) is 70.3 Å². The van der Waals surface area contributed by atoms with Crippen molar-refractivity contribution in [2.24, 2.45) is 0 Å². The lowest BCUT2D eigenvalue weighted by Gasteiger charge is -2.35. The molecule has 1 fully saturated rings. The SMILES string of the molecule is C#Cc1ccccc1C(C(=O)NCc1ccccc1)N(C(=O)C(Cc1ccccc1)NC(=O)OC(C)(C)C)C1CC1. The van der Waals surface area contributed by atoms with E-state index >= 15 is 0 Å². The first-order valence-corrected chi connectivity index (χ1v) is 13.9. The molecule has 3 aromatic carbocycles. The lowest BCUT2D eigenvalue weighted by atomic mass is 9.96. The van der Waals surface area contributed by atoms with Gasteiger partial charge in [-0.3, -0.25) is 9.59 Å². The van der Waals surface area contributed by atoms with Gasteiger partial charge in [-0.2, -0.15) is 0 Å². The Balaban J connectivity index is 1.71. The van der Waals surface area contributed by atoms with Crippen molar-refractivity contribution in [3.63, 3.8) is 0 Å². The number of rotatable bonds is 10. The van der Waals surface area contributed by atoms with Gasteiger partial charge in [0.05, 0.1) is 0 Å². The molecule has 0 aliphatic heterocycles.